The zero-order valence-corrected chi connectivity index (χ0v) is 9.80. The minimum atomic E-state index is -1.37. The second-order valence-electron chi connectivity index (χ2n) is 3.75. The molecule has 0 fully saturated rings. The smallest absolute Gasteiger partial charge is 0.331 e. The fourth-order valence-corrected chi connectivity index (χ4v) is 1.66. The molecule has 2 N–H and O–H groups in total. The number of carboxylic acid groups (broad SMARTS) is 1. The lowest BCUT2D eigenvalue weighted by molar-refractivity contribution is -0.150. The second-order valence-corrected chi connectivity index (χ2v) is 3.75. The highest BCUT2D eigenvalue weighted by atomic mass is 16.4. The van der Waals surface area contributed by atoms with Crippen LogP contribution in [0.3, 0.4) is 0 Å². The maximum absolute atomic E-state index is 11.4. The first kappa shape index (κ1) is 14.1. The van der Waals surface area contributed by atoms with E-state index in [4.69, 9.17) is 5.11 Å². The van der Waals surface area contributed by atoms with Crippen molar-refractivity contribution in [1.82, 2.24) is 5.32 Å². The first-order valence-electron chi connectivity index (χ1n) is 5.50. The maximum atomic E-state index is 11.4. The quantitative estimate of drug-likeness (QED) is 0.476. The van der Waals surface area contributed by atoms with E-state index < -0.39 is 11.5 Å². The van der Waals surface area contributed by atoms with Crippen LogP contribution >= 0.6 is 0 Å². The van der Waals surface area contributed by atoms with E-state index in [0.717, 1.165) is 19.3 Å². The van der Waals surface area contributed by atoms with Crippen molar-refractivity contribution in [2.75, 3.05) is 6.54 Å². The summed E-state index contributed by atoms with van der Waals surface area (Å²) in [7, 11) is 0. The molecule has 0 amide bonds. The predicted molar refractivity (Wildman–Crippen MR) is 58.9 cm³/mol. The highest BCUT2D eigenvalue weighted by Gasteiger charge is 2.41. The zero-order valence-electron chi connectivity index (χ0n) is 9.80. The van der Waals surface area contributed by atoms with Gasteiger partial charge in [0.05, 0.1) is 0 Å². The number of carbonyl (C=O) groups is 2. The Hall–Kier alpha value is -0.900. The number of Topliss-reactive ketones (excluding diaryl/α,β-unsaturated/α-hetero) is 1. The van der Waals surface area contributed by atoms with Gasteiger partial charge in [0, 0.05) is 0 Å². The molecule has 1 atom stereocenters. The fourth-order valence-electron chi connectivity index (χ4n) is 1.66. The Labute approximate surface area is 91.1 Å². The van der Waals surface area contributed by atoms with Crippen molar-refractivity contribution in [3.8, 4) is 0 Å². The van der Waals surface area contributed by atoms with Crippen LogP contribution in [0.25, 0.3) is 0 Å². The van der Waals surface area contributed by atoms with Crippen LogP contribution in [0.4, 0.5) is 0 Å². The summed E-state index contributed by atoms with van der Waals surface area (Å²) in [6.07, 6.45) is 3.10. The summed E-state index contributed by atoms with van der Waals surface area (Å²) in [5.41, 5.74) is -1.37. The molecule has 0 aromatic rings. The van der Waals surface area contributed by atoms with Crippen LogP contribution in [-0.4, -0.2) is 28.9 Å². The predicted octanol–water partition coefficient (Wildman–Crippen LogP) is 1.59. The Morgan fingerprint density at radius 1 is 1.27 bits per heavy atom. The number of carboxylic acids is 1. The van der Waals surface area contributed by atoms with Crippen molar-refractivity contribution in [1.29, 1.82) is 0 Å². The van der Waals surface area contributed by atoms with E-state index in [2.05, 4.69) is 5.32 Å². The van der Waals surface area contributed by atoms with E-state index in [1.807, 2.05) is 6.92 Å². The van der Waals surface area contributed by atoms with Gasteiger partial charge in [0.15, 0.2) is 11.3 Å². The number of nitrogens with one attached hydrogen (secondary N) is 1. The molecule has 0 aliphatic heterocycles. The minimum absolute atomic E-state index is 0.312. The van der Waals surface area contributed by atoms with Crippen molar-refractivity contribution in [2.24, 2.45) is 0 Å². The van der Waals surface area contributed by atoms with Crippen molar-refractivity contribution < 1.29 is 14.7 Å². The van der Waals surface area contributed by atoms with Crippen LogP contribution in [0.15, 0.2) is 0 Å². The SMILES string of the molecule is CCCCCC(NCC)(C(C)=O)C(=O)O. The Morgan fingerprint density at radius 3 is 2.20 bits per heavy atom. The number of unbranched alkanes of at least 4 members (excludes halogenated alkanes) is 2. The third-order valence-corrected chi connectivity index (χ3v) is 2.60. The van der Waals surface area contributed by atoms with Gasteiger partial charge in [-0.3, -0.25) is 10.1 Å². The molecular weight excluding hydrogens is 194 g/mol. The van der Waals surface area contributed by atoms with Gasteiger partial charge in [-0.05, 0) is 19.9 Å². The van der Waals surface area contributed by atoms with Gasteiger partial charge in [-0.1, -0.05) is 33.1 Å². The van der Waals surface area contributed by atoms with E-state index in [1.165, 1.54) is 6.92 Å². The lowest BCUT2D eigenvalue weighted by Gasteiger charge is -2.27. The maximum Gasteiger partial charge on any atom is 0.331 e. The molecule has 4 heteroatoms. The first-order chi connectivity index (χ1) is 7.01. The third-order valence-electron chi connectivity index (χ3n) is 2.60. The molecule has 0 aromatic carbocycles. The van der Waals surface area contributed by atoms with Crippen molar-refractivity contribution in [3.63, 3.8) is 0 Å². The van der Waals surface area contributed by atoms with E-state index in [-0.39, 0.29) is 5.78 Å². The van der Waals surface area contributed by atoms with Gasteiger partial charge in [-0.25, -0.2) is 4.79 Å². The van der Waals surface area contributed by atoms with Crippen molar-refractivity contribution in [2.45, 2.75) is 52.0 Å². The number of hydrogen-bond donors (Lipinski definition) is 2. The summed E-state index contributed by atoms with van der Waals surface area (Å²) in [5.74, 6) is -1.37. The Bertz CT molecular complexity index is 212. The summed E-state index contributed by atoms with van der Waals surface area (Å²) in [5, 5.41) is 11.9. The summed E-state index contributed by atoms with van der Waals surface area (Å²) in [6, 6.07) is 0. The van der Waals surface area contributed by atoms with Gasteiger partial charge >= 0.3 is 5.97 Å². The average molecular weight is 215 g/mol. The molecule has 0 aliphatic rings. The Balaban J connectivity index is 4.63. The molecule has 0 radical (unpaired) electrons. The molecule has 0 spiro atoms. The van der Waals surface area contributed by atoms with E-state index in [9.17, 15) is 9.59 Å². The molecule has 88 valence electrons. The fraction of sp³-hybridized carbons (Fsp3) is 0.818. The monoisotopic (exact) mass is 215 g/mol. The summed E-state index contributed by atoms with van der Waals surface area (Å²) in [6.45, 7) is 5.67. The van der Waals surface area contributed by atoms with Crippen molar-refractivity contribution in [3.05, 3.63) is 0 Å². The largest absolute Gasteiger partial charge is 0.480 e. The molecule has 0 bridgehead atoms. The minimum Gasteiger partial charge on any atom is -0.480 e. The van der Waals surface area contributed by atoms with Crippen LogP contribution < -0.4 is 5.32 Å². The molecule has 0 aliphatic carbocycles. The number of carbonyl (C=O) groups excluding carboxylic acids is 1. The van der Waals surface area contributed by atoms with Crippen LogP contribution in [0.2, 0.25) is 0 Å². The lowest BCUT2D eigenvalue weighted by Crippen LogP contribution is -2.57. The van der Waals surface area contributed by atoms with Crippen LogP contribution in [0, 0.1) is 0 Å². The number of aliphatic carboxylic acids is 1. The third kappa shape index (κ3) is 3.63. The van der Waals surface area contributed by atoms with Crippen LogP contribution in [0.5, 0.6) is 0 Å². The molecule has 0 heterocycles. The van der Waals surface area contributed by atoms with E-state index >= 15 is 0 Å². The standard InChI is InChI=1S/C11H21NO3/c1-4-6-7-8-11(9(3)13,10(14)15)12-5-2/h12H,4-8H2,1-3H3,(H,14,15). The van der Waals surface area contributed by atoms with Gasteiger partial charge in [-0.15, -0.1) is 0 Å². The molecule has 0 aromatic heterocycles. The van der Waals surface area contributed by atoms with Gasteiger partial charge in [0.25, 0.3) is 0 Å². The van der Waals surface area contributed by atoms with Gasteiger partial charge in [-0.2, -0.15) is 0 Å². The molecular formula is C11H21NO3. The highest BCUT2D eigenvalue weighted by molar-refractivity contribution is 6.06. The molecule has 15 heavy (non-hydrogen) atoms. The van der Waals surface area contributed by atoms with Gasteiger partial charge < -0.3 is 5.11 Å². The van der Waals surface area contributed by atoms with Crippen LogP contribution in [0.1, 0.15) is 46.5 Å². The van der Waals surface area contributed by atoms with E-state index in [1.54, 1.807) is 6.92 Å². The number of hydrogen-bond acceptors (Lipinski definition) is 3. The second kappa shape index (κ2) is 6.56. The molecule has 0 saturated carbocycles. The summed E-state index contributed by atoms with van der Waals surface area (Å²) < 4.78 is 0. The topological polar surface area (TPSA) is 66.4 Å². The molecule has 0 saturated heterocycles. The van der Waals surface area contributed by atoms with Gasteiger partial charge in [0.2, 0.25) is 0 Å². The summed E-state index contributed by atoms with van der Waals surface area (Å²) in [4.78, 5) is 22.6. The highest BCUT2D eigenvalue weighted by Crippen LogP contribution is 2.17. The van der Waals surface area contributed by atoms with Crippen molar-refractivity contribution >= 4 is 11.8 Å². The molecule has 4 nitrogen and oxygen atoms in total. The Morgan fingerprint density at radius 2 is 1.87 bits per heavy atom. The van der Waals surface area contributed by atoms with Gasteiger partial charge in [0.1, 0.15) is 0 Å². The number of rotatable bonds is 8. The zero-order chi connectivity index (χ0) is 11.9. The summed E-state index contributed by atoms with van der Waals surface area (Å²) >= 11 is 0. The molecule has 1 unspecified atom stereocenters. The number of likely N-dealkylation sites (N-methyl/N-ethyl adjacent to an activating group) is 1. The van der Waals surface area contributed by atoms with Crippen LogP contribution in [-0.2, 0) is 9.59 Å². The lowest BCUT2D eigenvalue weighted by atomic mass is 9.88. The Kier molecular flexibility index (Phi) is 6.17. The van der Waals surface area contributed by atoms with E-state index in [0.29, 0.717) is 13.0 Å². The molecule has 0 rings (SSSR count). The average Bonchev–Trinajstić information content (AvgIpc) is 2.15. The first-order valence-corrected chi connectivity index (χ1v) is 5.50. The normalized spacial score (nSPS) is 14.6. The number of ketones is 1.